The second-order valence-corrected chi connectivity index (χ2v) is 11.2. The van der Waals surface area contributed by atoms with Crippen molar-refractivity contribution in [2.24, 2.45) is 0 Å². The van der Waals surface area contributed by atoms with Crippen LogP contribution in [0.5, 0.6) is 5.75 Å². The van der Waals surface area contributed by atoms with Gasteiger partial charge in [0.25, 0.3) is 5.56 Å². The first-order valence-electron chi connectivity index (χ1n) is 11.1. The molecule has 0 bridgehead atoms. The molecular formula is C22H29ClN3O9P. The SMILES string of the molecule is CC(C)OC(=O)C(C)N[P@](=O)(OCC1OC(n2ccc(=O)[nH]c2=O)[C@](C)(Cl)[C@@H]1O)Oc1ccccc1. The van der Waals surface area contributed by atoms with E-state index in [4.69, 9.17) is 30.1 Å². The number of halogens is 1. The lowest BCUT2D eigenvalue weighted by Gasteiger charge is -2.26. The second kappa shape index (κ2) is 11.3. The molecule has 3 N–H and O–H groups in total. The first kappa shape index (κ1) is 28.1. The van der Waals surface area contributed by atoms with Crippen molar-refractivity contribution >= 4 is 25.3 Å². The van der Waals surface area contributed by atoms with Crippen molar-refractivity contribution in [3.05, 3.63) is 63.4 Å². The number of rotatable bonds is 10. The van der Waals surface area contributed by atoms with E-state index in [9.17, 15) is 24.1 Å². The molecule has 1 aliphatic rings. The molecule has 1 aliphatic heterocycles. The standard InChI is InChI=1S/C22H29ClN3O9P/c1-13(2)33-19(29)14(3)25-36(31,35-15-8-6-5-7-9-15)32-12-16-18(28)22(4,23)20(34-16)26-11-10-17(27)24-21(26)30/h5-11,13-14,16,18,20,28H,12H2,1-4H3,(H,25,31)(H,24,27,30)/t14?,16?,18-,20?,22-,36+/m1/s1. The number of carbonyl (C=O) groups excluding carboxylic acids is 1. The molecule has 1 aromatic carbocycles. The van der Waals surface area contributed by atoms with Crippen LogP contribution >= 0.6 is 19.3 Å². The van der Waals surface area contributed by atoms with Crippen LogP contribution in [0.4, 0.5) is 0 Å². The minimum absolute atomic E-state index is 0.200. The number of benzene rings is 1. The Hall–Kier alpha value is -2.47. The van der Waals surface area contributed by atoms with Crippen LogP contribution in [0.15, 0.2) is 52.2 Å². The molecular weight excluding hydrogens is 517 g/mol. The molecule has 0 radical (unpaired) electrons. The molecule has 198 valence electrons. The lowest BCUT2D eigenvalue weighted by molar-refractivity contribution is -0.149. The first-order valence-corrected chi connectivity index (χ1v) is 13.1. The van der Waals surface area contributed by atoms with Crippen LogP contribution in [0.3, 0.4) is 0 Å². The molecule has 1 fully saturated rings. The highest BCUT2D eigenvalue weighted by Crippen LogP contribution is 2.48. The van der Waals surface area contributed by atoms with E-state index in [2.05, 4.69) is 10.1 Å². The van der Waals surface area contributed by atoms with E-state index >= 15 is 0 Å². The highest BCUT2D eigenvalue weighted by atomic mass is 35.5. The highest BCUT2D eigenvalue weighted by Gasteiger charge is 2.54. The van der Waals surface area contributed by atoms with Gasteiger partial charge >= 0.3 is 19.4 Å². The number of para-hydroxylation sites is 1. The Morgan fingerprint density at radius 3 is 2.56 bits per heavy atom. The van der Waals surface area contributed by atoms with Crippen molar-refractivity contribution in [3.8, 4) is 5.75 Å². The molecule has 6 atom stereocenters. The zero-order chi connectivity index (χ0) is 26.7. The number of hydrogen-bond acceptors (Lipinski definition) is 9. The minimum atomic E-state index is -4.22. The third-order valence-electron chi connectivity index (χ3n) is 5.26. The van der Waals surface area contributed by atoms with Gasteiger partial charge in [0, 0.05) is 12.3 Å². The van der Waals surface area contributed by atoms with Crippen LogP contribution in [0, 0.1) is 0 Å². The Bertz CT molecular complexity index is 1220. The van der Waals surface area contributed by atoms with Gasteiger partial charge in [0.1, 0.15) is 28.9 Å². The number of ether oxygens (including phenoxy) is 2. The van der Waals surface area contributed by atoms with Gasteiger partial charge in [0.2, 0.25) is 0 Å². The number of nitrogens with one attached hydrogen (secondary N) is 2. The van der Waals surface area contributed by atoms with E-state index in [0.29, 0.717) is 0 Å². The molecule has 1 aromatic heterocycles. The summed E-state index contributed by atoms with van der Waals surface area (Å²) in [6.45, 7) is 5.75. The van der Waals surface area contributed by atoms with E-state index in [-0.39, 0.29) is 5.75 Å². The zero-order valence-corrected chi connectivity index (χ0v) is 21.8. The van der Waals surface area contributed by atoms with E-state index in [1.54, 1.807) is 44.2 Å². The van der Waals surface area contributed by atoms with Gasteiger partial charge in [-0.05, 0) is 39.8 Å². The summed E-state index contributed by atoms with van der Waals surface area (Å²) in [6.07, 6.45) is -2.92. The second-order valence-electron chi connectivity index (χ2n) is 8.67. The third-order valence-corrected chi connectivity index (χ3v) is 7.31. The summed E-state index contributed by atoms with van der Waals surface area (Å²) in [5, 5.41) is 13.3. The average molecular weight is 546 g/mol. The molecule has 2 aromatic rings. The predicted molar refractivity (Wildman–Crippen MR) is 130 cm³/mol. The van der Waals surface area contributed by atoms with E-state index in [1.807, 2.05) is 0 Å². The number of aliphatic hydroxyl groups excluding tert-OH is 1. The number of alkyl halides is 1. The molecule has 36 heavy (non-hydrogen) atoms. The van der Waals surface area contributed by atoms with Gasteiger partial charge in [-0.2, -0.15) is 5.09 Å². The van der Waals surface area contributed by atoms with Gasteiger partial charge in [-0.1, -0.05) is 18.2 Å². The number of H-pyrrole nitrogens is 1. The largest absolute Gasteiger partial charge is 0.462 e. The summed E-state index contributed by atoms with van der Waals surface area (Å²) in [5.41, 5.74) is -1.40. The fraction of sp³-hybridized carbons (Fsp3) is 0.500. The number of aromatic nitrogens is 2. The van der Waals surface area contributed by atoms with Crippen molar-refractivity contribution in [3.63, 3.8) is 0 Å². The van der Waals surface area contributed by atoms with Gasteiger partial charge in [-0.3, -0.25) is 23.7 Å². The molecule has 3 rings (SSSR count). The average Bonchev–Trinajstić information content (AvgIpc) is 3.01. The summed E-state index contributed by atoms with van der Waals surface area (Å²) in [7, 11) is -4.22. The number of aromatic amines is 1. The monoisotopic (exact) mass is 545 g/mol. The normalized spacial score (nSPS) is 26.4. The van der Waals surface area contributed by atoms with Gasteiger partial charge in [0.05, 0.1) is 12.7 Å². The van der Waals surface area contributed by atoms with Gasteiger partial charge in [0.15, 0.2) is 6.23 Å². The maximum Gasteiger partial charge on any atom is 0.459 e. The molecule has 0 spiro atoms. The molecule has 14 heteroatoms. The maximum absolute atomic E-state index is 13.6. The van der Waals surface area contributed by atoms with Crippen LogP contribution in [-0.2, 0) is 23.4 Å². The Balaban J connectivity index is 1.80. The van der Waals surface area contributed by atoms with Crippen LogP contribution in [-0.4, -0.2) is 56.5 Å². The van der Waals surface area contributed by atoms with Gasteiger partial charge < -0.3 is 19.1 Å². The Morgan fingerprint density at radius 2 is 1.94 bits per heavy atom. The summed E-state index contributed by atoms with van der Waals surface area (Å²) in [6, 6.07) is 8.18. The molecule has 1 saturated heterocycles. The molecule has 2 heterocycles. The van der Waals surface area contributed by atoms with Crippen LogP contribution in [0.2, 0.25) is 0 Å². The number of hydrogen-bond donors (Lipinski definition) is 3. The van der Waals surface area contributed by atoms with E-state index < -0.39 is 67.0 Å². The van der Waals surface area contributed by atoms with Crippen molar-refractivity contribution in [2.75, 3.05) is 6.61 Å². The summed E-state index contributed by atoms with van der Waals surface area (Å²) in [5.74, 6) is -0.473. The molecule has 0 amide bonds. The van der Waals surface area contributed by atoms with Crippen molar-refractivity contribution in [1.29, 1.82) is 0 Å². The van der Waals surface area contributed by atoms with Crippen LogP contribution in [0.1, 0.15) is 33.9 Å². The van der Waals surface area contributed by atoms with Crippen LogP contribution < -0.4 is 20.9 Å². The van der Waals surface area contributed by atoms with E-state index in [1.165, 1.54) is 20.0 Å². The lowest BCUT2D eigenvalue weighted by Crippen LogP contribution is -2.43. The topological polar surface area (TPSA) is 158 Å². The van der Waals surface area contributed by atoms with Crippen molar-refractivity contribution < 1.29 is 33.0 Å². The fourth-order valence-corrected chi connectivity index (χ4v) is 5.27. The molecule has 0 saturated carbocycles. The van der Waals surface area contributed by atoms with Crippen molar-refractivity contribution in [2.45, 2.75) is 63.2 Å². The Kier molecular flexibility index (Phi) is 8.81. The molecule has 0 aliphatic carbocycles. The summed E-state index contributed by atoms with van der Waals surface area (Å²) >= 11 is 6.52. The summed E-state index contributed by atoms with van der Waals surface area (Å²) in [4.78, 5) is 36.5. The molecule has 12 nitrogen and oxygen atoms in total. The highest BCUT2D eigenvalue weighted by molar-refractivity contribution is 7.52. The smallest absolute Gasteiger partial charge is 0.459 e. The lowest BCUT2D eigenvalue weighted by atomic mass is 10.0. The minimum Gasteiger partial charge on any atom is -0.462 e. The zero-order valence-electron chi connectivity index (χ0n) is 20.1. The van der Waals surface area contributed by atoms with Gasteiger partial charge in [-0.25, -0.2) is 9.36 Å². The number of carbonyl (C=O) groups is 1. The number of aliphatic hydroxyl groups is 1. The number of nitrogens with zero attached hydrogens (tertiary/aromatic N) is 1. The quantitative estimate of drug-likeness (QED) is 0.229. The fourth-order valence-electron chi connectivity index (χ4n) is 3.47. The van der Waals surface area contributed by atoms with Gasteiger partial charge in [-0.15, -0.1) is 11.6 Å². The summed E-state index contributed by atoms with van der Waals surface area (Å²) < 4.78 is 36.7. The predicted octanol–water partition coefficient (Wildman–Crippen LogP) is 1.93. The molecule has 3 unspecified atom stereocenters. The maximum atomic E-state index is 13.6. The Morgan fingerprint density at radius 1 is 1.28 bits per heavy atom. The Labute approximate surface area is 212 Å². The number of esters is 1. The van der Waals surface area contributed by atoms with E-state index in [0.717, 1.165) is 10.6 Å². The van der Waals surface area contributed by atoms with Crippen molar-refractivity contribution in [1.82, 2.24) is 14.6 Å². The van der Waals surface area contributed by atoms with Crippen LogP contribution in [0.25, 0.3) is 0 Å². The first-order chi connectivity index (χ1) is 16.8. The third kappa shape index (κ3) is 6.64.